The van der Waals surface area contributed by atoms with Crippen molar-refractivity contribution in [1.29, 1.82) is 0 Å². The van der Waals surface area contributed by atoms with Gasteiger partial charge in [-0.3, -0.25) is 9.69 Å². The smallest absolute Gasteiger partial charge is 0.234 e. The van der Waals surface area contributed by atoms with Crippen LogP contribution in [0.4, 0.5) is 0 Å². The lowest BCUT2D eigenvalue weighted by atomic mass is 10.0. The topological polar surface area (TPSA) is 47.6 Å². The summed E-state index contributed by atoms with van der Waals surface area (Å²) in [7, 11) is 0. The number of aryl methyl sites for hydroxylation is 1. The molecule has 1 atom stereocenters. The molecule has 0 saturated carbocycles. The number of likely N-dealkylation sites (tertiary alicyclic amines) is 1. The maximum atomic E-state index is 12.6. The van der Waals surface area contributed by atoms with Crippen molar-refractivity contribution in [3.05, 3.63) is 35.4 Å². The Labute approximate surface area is 158 Å². The number of benzene rings is 1. The molecule has 2 aliphatic rings. The van der Waals surface area contributed by atoms with E-state index in [0.29, 0.717) is 12.6 Å². The Kier molecular flexibility index (Phi) is 7.06. The molecule has 1 aromatic rings. The lowest BCUT2D eigenvalue weighted by Crippen LogP contribution is -2.51. The third-order valence-electron chi connectivity index (χ3n) is 5.87. The Hall–Kier alpha value is -1.43. The molecule has 0 bridgehead atoms. The number of nitrogens with zero attached hydrogens (tertiary/aromatic N) is 2. The van der Waals surface area contributed by atoms with Crippen molar-refractivity contribution in [3.8, 4) is 0 Å². The molecule has 5 nitrogen and oxygen atoms in total. The van der Waals surface area contributed by atoms with Gasteiger partial charge in [-0.1, -0.05) is 38.1 Å². The lowest BCUT2D eigenvalue weighted by Gasteiger charge is -2.37. The van der Waals surface area contributed by atoms with Gasteiger partial charge in [-0.05, 0) is 36.9 Å². The van der Waals surface area contributed by atoms with E-state index in [-0.39, 0.29) is 11.9 Å². The Morgan fingerprint density at radius 1 is 1.15 bits per heavy atom. The minimum atomic E-state index is 0.178. The third-order valence-corrected chi connectivity index (χ3v) is 5.87. The second-order valence-electron chi connectivity index (χ2n) is 7.56. The van der Waals surface area contributed by atoms with Crippen LogP contribution in [0.3, 0.4) is 0 Å². The van der Waals surface area contributed by atoms with Gasteiger partial charge < -0.3 is 15.5 Å². The summed E-state index contributed by atoms with van der Waals surface area (Å²) in [6.07, 6.45) is 3.21. The molecule has 0 spiro atoms. The van der Waals surface area contributed by atoms with E-state index in [1.807, 2.05) is 0 Å². The summed E-state index contributed by atoms with van der Waals surface area (Å²) in [5.74, 6) is 0.178. The van der Waals surface area contributed by atoms with Gasteiger partial charge in [0, 0.05) is 44.8 Å². The summed E-state index contributed by atoms with van der Waals surface area (Å²) >= 11 is 0. The zero-order valence-electron chi connectivity index (χ0n) is 16.3. The fraction of sp³-hybridized carbons (Fsp3) is 0.667. The fourth-order valence-corrected chi connectivity index (χ4v) is 4.09. The van der Waals surface area contributed by atoms with Crippen LogP contribution < -0.4 is 10.6 Å². The zero-order chi connectivity index (χ0) is 18.4. The first kappa shape index (κ1) is 19.3. The number of piperazine rings is 1. The van der Waals surface area contributed by atoms with Crippen molar-refractivity contribution in [1.82, 2.24) is 20.4 Å². The number of amides is 1. The SMILES string of the molecule is CCc1ccc(C2CNCCN2CC(=O)NC2CCN(CC)CC2)cc1. The van der Waals surface area contributed by atoms with Crippen LogP contribution in [-0.4, -0.2) is 67.6 Å². The number of carbonyl (C=O) groups excluding carboxylic acids is 1. The van der Waals surface area contributed by atoms with Gasteiger partial charge in [-0.2, -0.15) is 0 Å². The van der Waals surface area contributed by atoms with E-state index in [1.165, 1.54) is 11.1 Å². The molecule has 2 heterocycles. The van der Waals surface area contributed by atoms with E-state index in [4.69, 9.17) is 0 Å². The number of rotatable bonds is 6. The van der Waals surface area contributed by atoms with E-state index in [0.717, 1.165) is 58.5 Å². The molecule has 2 fully saturated rings. The lowest BCUT2D eigenvalue weighted by molar-refractivity contribution is -0.124. The second-order valence-corrected chi connectivity index (χ2v) is 7.56. The largest absolute Gasteiger partial charge is 0.352 e. The molecule has 2 N–H and O–H groups in total. The zero-order valence-corrected chi connectivity index (χ0v) is 16.3. The Bertz CT molecular complexity index is 566. The predicted molar refractivity (Wildman–Crippen MR) is 106 cm³/mol. The fourth-order valence-electron chi connectivity index (χ4n) is 4.09. The van der Waals surface area contributed by atoms with Crippen LogP contribution in [0, 0.1) is 0 Å². The van der Waals surface area contributed by atoms with Gasteiger partial charge in [0.25, 0.3) is 0 Å². The first-order valence-electron chi connectivity index (χ1n) is 10.2. The third kappa shape index (κ3) is 5.06. The van der Waals surface area contributed by atoms with Crippen molar-refractivity contribution >= 4 is 5.91 Å². The summed E-state index contributed by atoms with van der Waals surface area (Å²) in [4.78, 5) is 17.4. The van der Waals surface area contributed by atoms with Gasteiger partial charge in [-0.25, -0.2) is 0 Å². The first-order chi connectivity index (χ1) is 12.7. The first-order valence-corrected chi connectivity index (χ1v) is 10.2. The molecule has 1 unspecified atom stereocenters. The highest BCUT2D eigenvalue weighted by Gasteiger charge is 2.27. The van der Waals surface area contributed by atoms with Gasteiger partial charge in [0.15, 0.2) is 0 Å². The van der Waals surface area contributed by atoms with Crippen LogP contribution >= 0.6 is 0 Å². The minimum absolute atomic E-state index is 0.178. The molecule has 3 rings (SSSR count). The molecule has 1 amide bonds. The van der Waals surface area contributed by atoms with E-state index < -0.39 is 0 Å². The molecule has 5 heteroatoms. The summed E-state index contributed by atoms with van der Waals surface area (Å²) in [6.45, 7) is 11.0. The normalized spacial score (nSPS) is 23.1. The van der Waals surface area contributed by atoms with Crippen LogP contribution in [0.5, 0.6) is 0 Å². The predicted octanol–water partition coefficient (Wildman–Crippen LogP) is 1.80. The molecule has 2 saturated heterocycles. The van der Waals surface area contributed by atoms with Crippen LogP contribution in [-0.2, 0) is 11.2 Å². The molecular weight excluding hydrogens is 324 g/mol. The minimum Gasteiger partial charge on any atom is -0.352 e. The maximum absolute atomic E-state index is 12.6. The molecule has 2 aliphatic heterocycles. The van der Waals surface area contributed by atoms with Crippen molar-refractivity contribution in [3.63, 3.8) is 0 Å². The van der Waals surface area contributed by atoms with Crippen LogP contribution in [0.25, 0.3) is 0 Å². The van der Waals surface area contributed by atoms with Crippen molar-refractivity contribution < 1.29 is 4.79 Å². The number of hydrogen-bond donors (Lipinski definition) is 2. The summed E-state index contributed by atoms with van der Waals surface area (Å²) in [5, 5.41) is 6.75. The van der Waals surface area contributed by atoms with Gasteiger partial charge in [0.05, 0.1) is 6.54 Å². The van der Waals surface area contributed by atoms with E-state index in [1.54, 1.807) is 0 Å². The molecule has 0 aromatic heterocycles. The number of hydrogen-bond acceptors (Lipinski definition) is 4. The van der Waals surface area contributed by atoms with E-state index in [2.05, 4.69) is 58.5 Å². The van der Waals surface area contributed by atoms with Gasteiger partial charge in [0.2, 0.25) is 5.91 Å². The van der Waals surface area contributed by atoms with Crippen LogP contribution in [0.2, 0.25) is 0 Å². The molecular formula is C21H34N4O. The van der Waals surface area contributed by atoms with Crippen molar-refractivity contribution in [2.24, 2.45) is 0 Å². The van der Waals surface area contributed by atoms with E-state index >= 15 is 0 Å². The molecule has 0 radical (unpaired) electrons. The molecule has 0 aliphatic carbocycles. The maximum Gasteiger partial charge on any atom is 0.234 e. The van der Waals surface area contributed by atoms with Crippen LogP contribution in [0.15, 0.2) is 24.3 Å². The molecule has 1 aromatic carbocycles. The van der Waals surface area contributed by atoms with Crippen molar-refractivity contribution in [2.45, 2.75) is 45.2 Å². The Morgan fingerprint density at radius 2 is 1.88 bits per heavy atom. The number of piperidine rings is 1. The van der Waals surface area contributed by atoms with Crippen LogP contribution in [0.1, 0.15) is 43.9 Å². The molecule has 144 valence electrons. The quantitative estimate of drug-likeness (QED) is 0.814. The van der Waals surface area contributed by atoms with E-state index in [9.17, 15) is 4.79 Å². The average Bonchev–Trinajstić information content (AvgIpc) is 2.69. The summed E-state index contributed by atoms with van der Waals surface area (Å²) < 4.78 is 0. The van der Waals surface area contributed by atoms with Gasteiger partial charge in [0.1, 0.15) is 0 Å². The highest BCUT2D eigenvalue weighted by molar-refractivity contribution is 5.78. The second kappa shape index (κ2) is 9.49. The number of nitrogens with one attached hydrogen (secondary N) is 2. The van der Waals surface area contributed by atoms with Gasteiger partial charge in [-0.15, -0.1) is 0 Å². The molecule has 26 heavy (non-hydrogen) atoms. The average molecular weight is 359 g/mol. The summed E-state index contributed by atoms with van der Waals surface area (Å²) in [6, 6.07) is 9.50. The highest BCUT2D eigenvalue weighted by Crippen LogP contribution is 2.22. The summed E-state index contributed by atoms with van der Waals surface area (Å²) in [5.41, 5.74) is 2.67. The Balaban J connectivity index is 1.55. The standard InChI is InChI=1S/C21H34N4O/c1-3-17-5-7-18(8-6-17)20-15-22-11-14-25(20)16-21(26)23-19-9-12-24(4-2)13-10-19/h5-8,19-20,22H,3-4,9-16H2,1-2H3,(H,23,26). The van der Waals surface area contributed by atoms with Crippen molar-refractivity contribution in [2.75, 3.05) is 45.8 Å². The Morgan fingerprint density at radius 3 is 2.54 bits per heavy atom. The highest BCUT2D eigenvalue weighted by atomic mass is 16.2. The van der Waals surface area contributed by atoms with Gasteiger partial charge >= 0.3 is 0 Å². The monoisotopic (exact) mass is 358 g/mol. The number of carbonyl (C=O) groups is 1.